The summed E-state index contributed by atoms with van der Waals surface area (Å²) >= 11 is 0. The molecule has 0 atom stereocenters. The molecule has 4 rings (SSSR count). The van der Waals surface area contributed by atoms with E-state index in [-0.39, 0.29) is 22.4 Å². The maximum atomic E-state index is 13.3. The predicted octanol–water partition coefficient (Wildman–Crippen LogP) is 9.29. The Morgan fingerprint density at radius 2 is 1.46 bits per heavy atom. The Bertz CT molecular complexity index is 1670. The second-order valence-corrected chi connectivity index (χ2v) is 24.0. The van der Waals surface area contributed by atoms with E-state index in [4.69, 9.17) is 9.41 Å². The number of amides is 1. The van der Waals surface area contributed by atoms with Gasteiger partial charge in [0.15, 0.2) is 14.1 Å². The van der Waals surface area contributed by atoms with Gasteiger partial charge in [0.25, 0.3) is 0 Å². The summed E-state index contributed by atoms with van der Waals surface area (Å²) < 4.78 is 6.46. The molecule has 0 saturated carbocycles. The van der Waals surface area contributed by atoms with Crippen LogP contribution in [0.15, 0.2) is 91.6 Å². The van der Waals surface area contributed by atoms with Crippen LogP contribution in [0, 0.1) is 0 Å². The molecule has 4 aromatic rings. The molecule has 0 bridgehead atoms. The number of anilines is 1. The van der Waals surface area contributed by atoms with E-state index in [1.807, 2.05) is 92.0 Å². The van der Waals surface area contributed by atoms with Crippen LogP contribution < -0.4 is 9.74 Å². The lowest BCUT2D eigenvalue weighted by Crippen LogP contribution is -2.43. The van der Waals surface area contributed by atoms with Gasteiger partial charge in [-0.05, 0) is 83.6 Å². The first-order chi connectivity index (χ1) is 21.4. The highest BCUT2D eigenvalue weighted by Gasteiger charge is 2.39. The molecule has 0 fully saturated rings. The predicted molar refractivity (Wildman–Crippen MR) is 196 cm³/mol. The Kier molecular flexibility index (Phi) is 10.3. The van der Waals surface area contributed by atoms with Crippen molar-refractivity contribution in [2.75, 3.05) is 5.32 Å². The number of rotatable bonds is 11. The Hall–Kier alpha value is -3.86. The first-order valence-electron chi connectivity index (χ1n) is 15.9. The standard InChI is InChI=1S/C38H49N3O3Si2/c1-27(30-14-12-11-13-15-30)35-36(41-34(42)24-28-16-18-29(19-17-28)25-38(5,6)45(7,8)43)39-26-33(40-35)31-20-22-32(23-21-31)44-46(9,10)37(2,3)4/h11-23,26,43H,1,24-25H2,2-10H3,(H,39,41,42). The monoisotopic (exact) mass is 651 g/mol. The molecule has 2 N–H and O–H groups in total. The van der Waals surface area contributed by atoms with Crippen LogP contribution in [0.5, 0.6) is 5.75 Å². The molecule has 8 heteroatoms. The lowest BCUT2D eigenvalue weighted by molar-refractivity contribution is -0.115. The largest absolute Gasteiger partial charge is 0.544 e. The maximum Gasteiger partial charge on any atom is 0.250 e. The molecule has 0 saturated heterocycles. The van der Waals surface area contributed by atoms with Crippen molar-refractivity contribution in [3.05, 3.63) is 114 Å². The molecule has 46 heavy (non-hydrogen) atoms. The van der Waals surface area contributed by atoms with Crippen LogP contribution in [0.2, 0.25) is 36.3 Å². The summed E-state index contributed by atoms with van der Waals surface area (Å²) in [5.41, 5.74) is 5.70. The SMILES string of the molecule is C=C(c1ccccc1)c1nc(-c2ccc(O[Si](C)(C)C(C)(C)C)cc2)cnc1NC(=O)Cc1ccc(CC(C)(C)[Si](C)(C)O)cc1. The second-order valence-electron chi connectivity index (χ2n) is 14.8. The number of benzene rings is 3. The molecule has 1 heterocycles. The zero-order valence-electron chi connectivity index (χ0n) is 28.9. The third-order valence-electron chi connectivity index (χ3n) is 9.46. The summed E-state index contributed by atoms with van der Waals surface area (Å²) in [4.78, 5) is 33.6. The molecule has 1 aromatic heterocycles. The Morgan fingerprint density at radius 1 is 0.870 bits per heavy atom. The Labute approximate surface area is 277 Å². The van der Waals surface area contributed by atoms with E-state index in [1.54, 1.807) is 6.20 Å². The summed E-state index contributed by atoms with van der Waals surface area (Å²) in [6.45, 7) is 23.7. The molecular formula is C38H49N3O3Si2. The van der Waals surface area contributed by atoms with Gasteiger partial charge in [-0.2, -0.15) is 0 Å². The third-order valence-corrected chi connectivity index (χ3v) is 17.3. The van der Waals surface area contributed by atoms with Crippen molar-refractivity contribution in [2.24, 2.45) is 0 Å². The van der Waals surface area contributed by atoms with Crippen molar-refractivity contribution in [1.29, 1.82) is 0 Å². The van der Waals surface area contributed by atoms with Crippen LogP contribution in [0.25, 0.3) is 16.8 Å². The van der Waals surface area contributed by atoms with Crippen LogP contribution in [-0.2, 0) is 17.6 Å². The minimum absolute atomic E-state index is 0.101. The van der Waals surface area contributed by atoms with Gasteiger partial charge >= 0.3 is 0 Å². The second kappa shape index (κ2) is 13.5. The van der Waals surface area contributed by atoms with Crippen molar-refractivity contribution in [1.82, 2.24) is 9.97 Å². The van der Waals surface area contributed by atoms with Gasteiger partial charge in [-0.1, -0.05) is 95.8 Å². The number of hydrogen-bond acceptors (Lipinski definition) is 5. The van der Waals surface area contributed by atoms with Crippen LogP contribution >= 0.6 is 0 Å². The van der Waals surface area contributed by atoms with Crippen molar-refractivity contribution in [3.8, 4) is 17.0 Å². The van der Waals surface area contributed by atoms with Gasteiger partial charge in [0.05, 0.1) is 18.3 Å². The zero-order chi connectivity index (χ0) is 33.9. The summed E-state index contributed by atoms with van der Waals surface area (Å²) in [6.07, 6.45) is 2.67. The van der Waals surface area contributed by atoms with E-state index in [0.717, 1.165) is 34.4 Å². The zero-order valence-corrected chi connectivity index (χ0v) is 30.9. The van der Waals surface area contributed by atoms with Crippen LogP contribution in [-0.4, -0.2) is 37.3 Å². The fourth-order valence-corrected chi connectivity index (χ4v) is 6.28. The molecule has 0 radical (unpaired) electrons. The molecular weight excluding hydrogens is 603 g/mol. The minimum Gasteiger partial charge on any atom is -0.544 e. The van der Waals surface area contributed by atoms with E-state index in [9.17, 15) is 9.59 Å². The first-order valence-corrected chi connectivity index (χ1v) is 21.7. The summed E-state index contributed by atoms with van der Waals surface area (Å²) in [5.74, 6) is 1.03. The van der Waals surface area contributed by atoms with Crippen LogP contribution in [0.3, 0.4) is 0 Å². The number of aromatic nitrogens is 2. The highest BCUT2D eigenvalue weighted by atomic mass is 28.4. The average molecular weight is 652 g/mol. The van der Waals surface area contributed by atoms with Gasteiger partial charge in [-0.3, -0.25) is 4.79 Å². The molecule has 3 aromatic carbocycles. The minimum atomic E-state index is -2.32. The number of carbonyl (C=O) groups is 1. The van der Waals surface area contributed by atoms with Crippen molar-refractivity contribution in [3.63, 3.8) is 0 Å². The Morgan fingerprint density at radius 3 is 2.02 bits per heavy atom. The van der Waals surface area contributed by atoms with E-state index >= 15 is 0 Å². The van der Waals surface area contributed by atoms with Gasteiger partial charge in [0, 0.05) is 11.1 Å². The highest BCUT2D eigenvalue weighted by molar-refractivity contribution is 6.74. The van der Waals surface area contributed by atoms with Gasteiger partial charge in [0.1, 0.15) is 11.4 Å². The molecule has 1 amide bonds. The summed E-state index contributed by atoms with van der Waals surface area (Å²) in [7, 11) is -4.28. The van der Waals surface area contributed by atoms with Gasteiger partial charge in [-0.15, -0.1) is 0 Å². The highest BCUT2D eigenvalue weighted by Crippen LogP contribution is 2.39. The number of nitrogens with zero attached hydrogens (tertiary/aromatic N) is 2. The normalized spacial score (nSPS) is 12.5. The lowest BCUT2D eigenvalue weighted by atomic mass is 10.00. The molecule has 0 aliphatic carbocycles. The fraction of sp³-hybridized carbons (Fsp3) is 0.342. The topological polar surface area (TPSA) is 84.3 Å². The number of nitrogens with one attached hydrogen (secondary N) is 1. The van der Waals surface area contributed by atoms with E-state index < -0.39 is 16.6 Å². The molecule has 0 unspecified atom stereocenters. The molecule has 0 aliphatic rings. The maximum absolute atomic E-state index is 13.3. The van der Waals surface area contributed by atoms with Crippen molar-refractivity contribution >= 4 is 33.9 Å². The first kappa shape index (κ1) is 35.0. The smallest absolute Gasteiger partial charge is 0.250 e. The summed E-state index contributed by atoms with van der Waals surface area (Å²) in [5, 5.41) is 2.94. The van der Waals surface area contributed by atoms with Crippen LogP contribution in [0.4, 0.5) is 5.82 Å². The van der Waals surface area contributed by atoms with E-state index in [2.05, 4.69) is 64.6 Å². The molecule has 0 aliphatic heterocycles. The molecule has 0 spiro atoms. The van der Waals surface area contributed by atoms with E-state index in [1.165, 1.54) is 0 Å². The van der Waals surface area contributed by atoms with Crippen molar-refractivity contribution in [2.45, 2.75) is 83.7 Å². The fourth-order valence-electron chi connectivity index (χ4n) is 4.61. The Balaban J connectivity index is 1.56. The van der Waals surface area contributed by atoms with E-state index in [0.29, 0.717) is 22.8 Å². The third kappa shape index (κ3) is 8.48. The number of hydrogen-bond donors (Lipinski definition) is 2. The average Bonchev–Trinajstić information content (AvgIpc) is 2.97. The lowest BCUT2D eigenvalue weighted by Gasteiger charge is -2.36. The quantitative estimate of drug-likeness (QED) is 0.158. The van der Waals surface area contributed by atoms with Crippen molar-refractivity contribution < 1.29 is 14.0 Å². The van der Waals surface area contributed by atoms with Crippen LogP contribution in [0.1, 0.15) is 57.0 Å². The van der Waals surface area contributed by atoms with Gasteiger partial charge in [-0.25, -0.2) is 9.97 Å². The summed E-state index contributed by atoms with van der Waals surface area (Å²) in [6, 6.07) is 25.8. The van der Waals surface area contributed by atoms with Gasteiger partial charge in [0.2, 0.25) is 14.2 Å². The number of carbonyl (C=O) groups excluding carboxylic acids is 1. The molecule has 242 valence electrons. The molecule has 6 nitrogen and oxygen atoms in total. The van der Waals surface area contributed by atoms with Gasteiger partial charge < -0.3 is 14.5 Å².